The van der Waals surface area contributed by atoms with Crippen molar-refractivity contribution < 1.29 is 42.9 Å². The van der Waals surface area contributed by atoms with E-state index >= 15 is 0 Å². The lowest BCUT2D eigenvalue weighted by Crippen LogP contribution is -2.25. The molecule has 21 heteroatoms. The van der Waals surface area contributed by atoms with E-state index in [-0.39, 0.29) is 27.0 Å². The summed E-state index contributed by atoms with van der Waals surface area (Å²) >= 11 is 19.4. The highest BCUT2D eigenvalue weighted by molar-refractivity contribution is 8.13. The zero-order valence-corrected chi connectivity index (χ0v) is 40.7. The van der Waals surface area contributed by atoms with E-state index in [1.807, 2.05) is 70.3 Å². The Morgan fingerprint density at radius 1 is 0.984 bits per heavy atom. The van der Waals surface area contributed by atoms with Crippen LogP contribution in [-0.2, 0) is 25.7 Å². The van der Waals surface area contributed by atoms with Crippen LogP contribution in [0, 0.1) is 0 Å². The number of rotatable bonds is 16. The molecule has 1 unspecified atom stereocenters. The number of aromatic nitrogens is 4. The Balaban J connectivity index is 0.000000470. The van der Waals surface area contributed by atoms with E-state index in [1.54, 1.807) is 6.07 Å². The molecule has 0 aliphatic carbocycles. The molecule has 0 aliphatic heterocycles. The molecule has 0 radical (unpaired) electrons. The fourth-order valence-corrected chi connectivity index (χ4v) is 6.15. The fraction of sp³-hybridized carbons (Fsp3) is 0.500. The van der Waals surface area contributed by atoms with Gasteiger partial charge in [-0.05, 0) is 49.0 Å². The van der Waals surface area contributed by atoms with E-state index in [2.05, 4.69) is 41.0 Å². The van der Waals surface area contributed by atoms with Crippen molar-refractivity contribution in [3.8, 4) is 28.4 Å². The molecule has 0 saturated carbocycles. The first-order valence-electron chi connectivity index (χ1n) is 19.1. The molecular formula is C40H57Cl3N5O10PS2. The molecular weight excluding hydrogens is 912 g/mol. The van der Waals surface area contributed by atoms with Crippen molar-refractivity contribution in [3.63, 3.8) is 0 Å². The zero-order chi connectivity index (χ0) is 46.3. The Morgan fingerprint density at radius 3 is 2.13 bits per heavy atom. The zero-order valence-electron chi connectivity index (χ0n) is 35.9. The predicted molar refractivity (Wildman–Crippen MR) is 246 cm³/mol. The third kappa shape index (κ3) is 24.3. The van der Waals surface area contributed by atoms with Gasteiger partial charge in [-0.25, -0.2) is 9.59 Å². The van der Waals surface area contributed by atoms with E-state index in [9.17, 15) is 23.8 Å². The lowest BCUT2D eigenvalue weighted by atomic mass is 9.97. The molecule has 0 bridgehead atoms. The molecule has 61 heavy (non-hydrogen) atoms. The minimum Gasteiger partial charge on any atom is -0.778 e. The molecule has 2 heterocycles. The third-order valence-electron chi connectivity index (χ3n) is 7.06. The maximum Gasteiger partial charge on any atom is 0.442 e. The van der Waals surface area contributed by atoms with Gasteiger partial charge >= 0.3 is 17.0 Å². The third-order valence-corrected chi connectivity index (χ3v) is 9.27. The quantitative estimate of drug-likeness (QED) is 0.0412. The van der Waals surface area contributed by atoms with E-state index in [4.69, 9.17) is 58.7 Å². The summed E-state index contributed by atoms with van der Waals surface area (Å²) in [5.74, 6) is 0.0839. The molecule has 0 fully saturated rings. The Morgan fingerprint density at radius 2 is 1.59 bits per heavy atom. The number of hydrogen-bond donors (Lipinski definition) is 3. The molecule has 1 atom stereocenters. The largest absolute Gasteiger partial charge is 0.778 e. The van der Waals surface area contributed by atoms with Gasteiger partial charge in [0.25, 0.3) is 0 Å². The van der Waals surface area contributed by atoms with Gasteiger partial charge in [-0.15, -0.1) is 15.3 Å². The van der Waals surface area contributed by atoms with Crippen LogP contribution in [0.5, 0.6) is 11.5 Å². The average molecular weight is 969 g/mol. The lowest BCUT2D eigenvalue weighted by molar-refractivity contribution is -0.193. The Kier molecular flexibility index (Phi) is 26.2. The van der Waals surface area contributed by atoms with Crippen LogP contribution in [0.2, 0.25) is 15.2 Å². The van der Waals surface area contributed by atoms with Crippen molar-refractivity contribution >= 4 is 76.3 Å². The van der Waals surface area contributed by atoms with Crippen LogP contribution in [0.3, 0.4) is 0 Å². The molecule has 0 spiro atoms. The van der Waals surface area contributed by atoms with Crippen LogP contribution in [-0.4, -0.2) is 84.7 Å². The topological polar surface area (TPSA) is 219 Å². The minimum absolute atomic E-state index is 0.0642. The second-order valence-corrected chi connectivity index (χ2v) is 21.1. The number of unbranched alkanes of at least 4 members (excludes halogenated alkanes) is 5. The summed E-state index contributed by atoms with van der Waals surface area (Å²) in [6.07, 6.45) is 13.0. The Labute approximate surface area is 380 Å². The number of carboxylic acids is 1. The Bertz CT molecular complexity index is 2040. The van der Waals surface area contributed by atoms with Gasteiger partial charge in [0.2, 0.25) is 5.89 Å². The van der Waals surface area contributed by atoms with Crippen molar-refractivity contribution in [1.82, 2.24) is 25.3 Å². The van der Waals surface area contributed by atoms with Crippen molar-refractivity contribution in [2.45, 2.75) is 91.6 Å². The molecule has 4 rings (SSSR count). The molecule has 0 amide bonds. The number of nitrogens with zero attached hydrogens (tertiary/aromatic N) is 4. The van der Waals surface area contributed by atoms with Gasteiger partial charge in [-0.2, -0.15) is 4.68 Å². The maximum absolute atomic E-state index is 12.1. The monoisotopic (exact) mass is 967 g/mol. The van der Waals surface area contributed by atoms with Crippen molar-refractivity contribution in [3.05, 3.63) is 80.2 Å². The molecule has 340 valence electrons. The summed E-state index contributed by atoms with van der Waals surface area (Å²) < 4.78 is 27.3. The van der Waals surface area contributed by atoms with Crippen molar-refractivity contribution in [2.24, 2.45) is 0 Å². The smallest absolute Gasteiger partial charge is 0.442 e. The van der Waals surface area contributed by atoms with Crippen LogP contribution < -0.4 is 25.4 Å². The fourth-order valence-electron chi connectivity index (χ4n) is 4.45. The molecule has 4 aromatic rings. The first-order chi connectivity index (χ1) is 28.4. The van der Waals surface area contributed by atoms with Gasteiger partial charge in [0, 0.05) is 28.9 Å². The van der Waals surface area contributed by atoms with Crippen LogP contribution in [0.1, 0.15) is 86.0 Å². The lowest BCUT2D eigenvalue weighted by Gasteiger charge is -2.14. The second-order valence-electron chi connectivity index (χ2n) is 14.8. The number of thioether (sulfide) groups is 1. The summed E-state index contributed by atoms with van der Waals surface area (Å²) in [6.45, 7) is 11.2. The number of halogens is 3. The molecule has 2 aromatic carbocycles. The van der Waals surface area contributed by atoms with Gasteiger partial charge in [0.1, 0.15) is 19.0 Å². The molecule has 0 saturated heterocycles. The first kappa shape index (κ1) is 55.9. The van der Waals surface area contributed by atoms with Gasteiger partial charge in [0.05, 0.1) is 53.4 Å². The number of hydrogen-bond acceptors (Lipinski definition) is 13. The number of nitrogens with one attached hydrogen (secondary N) is 1. The maximum atomic E-state index is 12.1. The number of carbonyl (C=O) groups is 2. The van der Waals surface area contributed by atoms with Gasteiger partial charge in [0.15, 0.2) is 10.9 Å². The van der Waals surface area contributed by atoms with Gasteiger partial charge < -0.3 is 33.3 Å². The van der Waals surface area contributed by atoms with E-state index < -0.39 is 32.2 Å². The van der Waals surface area contributed by atoms with Crippen LogP contribution in [0.15, 0.2) is 57.7 Å². The van der Waals surface area contributed by atoms with E-state index in [0.29, 0.717) is 44.7 Å². The summed E-state index contributed by atoms with van der Waals surface area (Å²) in [5.41, 5.74) is 1.32. The number of ether oxygens (including phenoxy) is 2. The molecule has 0 aliphatic rings. The standard InChI is InChI=1S/C19H23ClN2O2S.C15H18Cl2N2O3.C3H8NO5P.C3H9S/c1-2-3-4-5-6-10-13-25-19(23)24-16-14-17(20)21-22-18(16)15-11-8-7-9-12-15;1-8(2)21-12-7-11(9(16)6-10(12)17)19-14(20)22-13(18-19)15(3,4)5;5-3(6)1-4-2-10(7,8)9;1-4(2)3/h7-9,11-12,14H,2-6,10,13H2,1H3;6-8H,1-5H3;4H,1-2H2,(H,5,6)(H2,7,8,9);1-3H3/q;;;+1/p-1. The van der Waals surface area contributed by atoms with Crippen molar-refractivity contribution in [1.29, 1.82) is 0 Å². The highest BCUT2D eigenvalue weighted by atomic mass is 35.5. The second kappa shape index (κ2) is 28.5. The molecule has 3 N–H and O–H groups in total. The first-order valence-corrected chi connectivity index (χ1v) is 25.4. The van der Waals surface area contributed by atoms with E-state index in [0.717, 1.165) is 28.8 Å². The Hall–Kier alpha value is -3.12. The van der Waals surface area contributed by atoms with Gasteiger partial charge in [-0.3, -0.25) is 10.1 Å². The molecule has 15 nitrogen and oxygen atoms in total. The SMILES string of the molecule is CC(C)Oc1cc(-n2nc(C(C)(C)C)oc2=O)c(Cl)cc1Cl.CCCCCCCCSC(=O)Oc1cc(Cl)nnc1-c1ccccc1.C[S+](C)C.O=C(O)CNCP(=O)([O-])O. The van der Waals surface area contributed by atoms with E-state index in [1.165, 1.54) is 49.6 Å². The molecule has 2 aromatic heterocycles. The highest BCUT2D eigenvalue weighted by Crippen LogP contribution is 2.34. The minimum atomic E-state index is -4.35. The van der Waals surface area contributed by atoms with Gasteiger partial charge in [-0.1, -0.05) is 125 Å². The number of carboxylic acid groups (broad SMARTS) is 1. The summed E-state index contributed by atoms with van der Waals surface area (Å²) in [5, 5.41) is 22.6. The van der Waals surface area contributed by atoms with Crippen LogP contribution >= 0.6 is 54.2 Å². The normalized spacial score (nSPS) is 11.9. The van der Waals surface area contributed by atoms with Crippen LogP contribution in [0.4, 0.5) is 4.79 Å². The predicted octanol–water partition coefficient (Wildman–Crippen LogP) is 9.26. The highest BCUT2D eigenvalue weighted by Gasteiger charge is 2.24. The summed E-state index contributed by atoms with van der Waals surface area (Å²) in [7, 11) is -3.71. The number of carbonyl (C=O) groups excluding carboxylic acids is 1. The number of benzene rings is 2. The summed E-state index contributed by atoms with van der Waals surface area (Å²) in [4.78, 5) is 51.9. The number of aliphatic carboxylic acids is 1. The summed E-state index contributed by atoms with van der Waals surface area (Å²) in [6, 6.07) is 14.1. The average Bonchev–Trinajstić information content (AvgIpc) is 3.54. The van der Waals surface area contributed by atoms with Crippen LogP contribution in [0.25, 0.3) is 16.9 Å². The van der Waals surface area contributed by atoms with Crippen molar-refractivity contribution in [2.75, 3.05) is 37.4 Å².